The molecular formula is C16H24N4O. The number of rotatable bonds is 7. The molecule has 0 fully saturated rings. The van der Waals surface area contributed by atoms with Crippen LogP contribution >= 0.6 is 0 Å². The highest BCUT2D eigenvalue weighted by atomic mass is 16.5. The van der Waals surface area contributed by atoms with Crippen molar-refractivity contribution in [1.29, 1.82) is 0 Å². The van der Waals surface area contributed by atoms with Crippen molar-refractivity contribution >= 4 is 16.9 Å². The molecule has 2 aromatic rings. The van der Waals surface area contributed by atoms with Gasteiger partial charge < -0.3 is 20.4 Å². The highest BCUT2D eigenvalue weighted by molar-refractivity contribution is 5.81. The summed E-state index contributed by atoms with van der Waals surface area (Å²) in [5, 5.41) is 7.81. The molecule has 0 aliphatic rings. The highest BCUT2D eigenvalue weighted by Crippen LogP contribution is 2.14. The van der Waals surface area contributed by atoms with Crippen molar-refractivity contribution in [2.45, 2.75) is 19.9 Å². The number of H-pyrrole nitrogens is 1. The smallest absolute Gasteiger partial charge is 0.191 e. The number of ether oxygens (including phenoxy) is 1. The van der Waals surface area contributed by atoms with E-state index in [0.717, 1.165) is 49.9 Å². The van der Waals surface area contributed by atoms with Gasteiger partial charge in [0.2, 0.25) is 0 Å². The van der Waals surface area contributed by atoms with E-state index in [1.54, 1.807) is 7.05 Å². The van der Waals surface area contributed by atoms with Gasteiger partial charge in [0.1, 0.15) is 0 Å². The van der Waals surface area contributed by atoms with Gasteiger partial charge >= 0.3 is 0 Å². The van der Waals surface area contributed by atoms with E-state index in [1.165, 1.54) is 5.39 Å². The minimum absolute atomic E-state index is 0.722. The molecule has 2 rings (SSSR count). The molecule has 0 radical (unpaired) electrons. The van der Waals surface area contributed by atoms with Crippen LogP contribution in [0.4, 0.5) is 0 Å². The van der Waals surface area contributed by atoms with E-state index in [1.807, 2.05) is 19.1 Å². The first-order valence-electron chi connectivity index (χ1n) is 7.42. The second-order valence-electron chi connectivity index (χ2n) is 4.78. The Kier molecular flexibility index (Phi) is 6.09. The predicted molar refractivity (Wildman–Crippen MR) is 87.6 cm³/mol. The molecule has 0 saturated heterocycles. The van der Waals surface area contributed by atoms with Crippen molar-refractivity contribution < 1.29 is 4.74 Å². The van der Waals surface area contributed by atoms with E-state index in [-0.39, 0.29) is 0 Å². The molecule has 0 atom stereocenters. The van der Waals surface area contributed by atoms with Crippen molar-refractivity contribution in [2.24, 2.45) is 4.99 Å². The number of nitrogens with zero attached hydrogens (tertiary/aromatic N) is 1. The Hall–Kier alpha value is -2.01. The van der Waals surface area contributed by atoms with Crippen molar-refractivity contribution in [3.63, 3.8) is 0 Å². The zero-order chi connectivity index (χ0) is 14.9. The van der Waals surface area contributed by atoms with Crippen LogP contribution in [0.5, 0.6) is 0 Å². The van der Waals surface area contributed by atoms with Crippen LogP contribution in [-0.4, -0.2) is 37.7 Å². The fourth-order valence-corrected chi connectivity index (χ4v) is 2.15. The molecule has 0 saturated carbocycles. The van der Waals surface area contributed by atoms with Crippen LogP contribution in [-0.2, 0) is 11.3 Å². The van der Waals surface area contributed by atoms with Gasteiger partial charge in [0.15, 0.2) is 5.96 Å². The van der Waals surface area contributed by atoms with Crippen LogP contribution in [0, 0.1) is 0 Å². The zero-order valence-electron chi connectivity index (χ0n) is 12.8. The van der Waals surface area contributed by atoms with Crippen molar-refractivity contribution in [2.75, 3.05) is 26.8 Å². The third-order valence-corrected chi connectivity index (χ3v) is 3.22. The summed E-state index contributed by atoms with van der Waals surface area (Å²) in [5.41, 5.74) is 2.31. The average Bonchev–Trinajstić information content (AvgIpc) is 2.93. The number of aromatic amines is 1. The minimum Gasteiger partial charge on any atom is -0.382 e. The van der Waals surface area contributed by atoms with Gasteiger partial charge in [-0.05, 0) is 30.9 Å². The number of hydrogen-bond acceptors (Lipinski definition) is 2. The fraction of sp³-hybridized carbons (Fsp3) is 0.438. The van der Waals surface area contributed by atoms with E-state index < -0.39 is 0 Å². The summed E-state index contributed by atoms with van der Waals surface area (Å²) < 4.78 is 5.31. The number of benzene rings is 1. The van der Waals surface area contributed by atoms with Crippen molar-refractivity contribution in [1.82, 2.24) is 15.6 Å². The third-order valence-electron chi connectivity index (χ3n) is 3.22. The molecule has 0 aliphatic carbocycles. The van der Waals surface area contributed by atoms with Gasteiger partial charge in [-0.3, -0.25) is 4.99 Å². The monoisotopic (exact) mass is 288 g/mol. The molecular weight excluding hydrogens is 264 g/mol. The summed E-state index contributed by atoms with van der Waals surface area (Å²) in [6.45, 7) is 5.14. The van der Waals surface area contributed by atoms with Gasteiger partial charge in [0.05, 0.1) is 6.54 Å². The van der Waals surface area contributed by atoms with Gasteiger partial charge in [-0.15, -0.1) is 0 Å². The average molecular weight is 288 g/mol. The Morgan fingerprint density at radius 3 is 2.90 bits per heavy atom. The van der Waals surface area contributed by atoms with Gasteiger partial charge in [0, 0.05) is 38.0 Å². The molecule has 21 heavy (non-hydrogen) atoms. The van der Waals surface area contributed by atoms with Crippen LogP contribution in [0.2, 0.25) is 0 Å². The Morgan fingerprint density at radius 1 is 1.29 bits per heavy atom. The number of nitrogens with one attached hydrogen (secondary N) is 3. The summed E-state index contributed by atoms with van der Waals surface area (Å²) in [7, 11) is 1.78. The maximum atomic E-state index is 5.31. The summed E-state index contributed by atoms with van der Waals surface area (Å²) >= 11 is 0. The Morgan fingerprint density at radius 2 is 2.14 bits per heavy atom. The second-order valence-corrected chi connectivity index (χ2v) is 4.78. The number of aromatic nitrogens is 1. The minimum atomic E-state index is 0.722. The number of fused-ring (bicyclic) bond motifs is 1. The summed E-state index contributed by atoms with van der Waals surface area (Å²) in [4.78, 5) is 7.61. The molecule has 0 amide bonds. The van der Waals surface area contributed by atoms with E-state index in [9.17, 15) is 0 Å². The third kappa shape index (κ3) is 4.79. The first-order chi connectivity index (χ1) is 10.3. The number of hydrogen-bond donors (Lipinski definition) is 3. The number of para-hydroxylation sites is 1. The molecule has 1 aromatic heterocycles. The molecule has 0 bridgehead atoms. The molecule has 0 unspecified atom stereocenters. The lowest BCUT2D eigenvalue weighted by Crippen LogP contribution is -2.37. The normalized spacial score (nSPS) is 11.8. The Labute approximate surface area is 125 Å². The van der Waals surface area contributed by atoms with Gasteiger partial charge in [0.25, 0.3) is 0 Å². The van der Waals surface area contributed by atoms with E-state index in [0.29, 0.717) is 0 Å². The molecule has 0 aliphatic heterocycles. The van der Waals surface area contributed by atoms with E-state index in [4.69, 9.17) is 4.74 Å². The standard InChI is InChI=1S/C16H24N4O/c1-3-21-10-6-9-18-16(17-2)19-12-14-11-13-7-4-5-8-15(13)20-14/h4-5,7-8,11,20H,3,6,9-10,12H2,1-2H3,(H2,17,18,19). The lowest BCUT2D eigenvalue weighted by Gasteiger charge is -2.11. The lowest BCUT2D eigenvalue weighted by atomic mass is 10.2. The first kappa shape index (κ1) is 15.4. The molecule has 1 heterocycles. The fourth-order valence-electron chi connectivity index (χ4n) is 2.15. The van der Waals surface area contributed by atoms with Crippen LogP contribution in [0.15, 0.2) is 35.3 Å². The molecule has 1 aromatic carbocycles. The van der Waals surface area contributed by atoms with E-state index in [2.05, 4.69) is 38.8 Å². The second kappa shape index (κ2) is 8.32. The molecule has 0 spiro atoms. The zero-order valence-corrected chi connectivity index (χ0v) is 12.8. The maximum Gasteiger partial charge on any atom is 0.191 e. The summed E-state index contributed by atoms with van der Waals surface area (Å²) in [6, 6.07) is 10.4. The number of aliphatic imine (C=N–C) groups is 1. The van der Waals surface area contributed by atoms with Crippen LogP contribution < -0.4 is 10.6 Å². The maximum absolute atomic E-state index is 5.31. The van der Waals surface area contributed by atoms with Gasteiger partial charge in [-0.1, -0.05) is 18.2 Å². The summed E-state index contributed by atoms with van der Waals surface area (Å²) in [5.74, 6) is 0.810. The van der Waals surface area contributed by atoms with Crippen molar-refractivity contribution in [3.8, 4) is 0 Å². The SMILES string of the molecule is CCOCCCNC(=NC)NCc1cc2ccccc2[nH]1. The molecule has 5 nitrogen and oxygen atoms in total. The predicted octanol–water partition coefficient (Wildman–Crippen LogP) is 2.26. The molecule has 114 valence electrons. The largest absolute Gasteiger partial charge is 0.382 e. The lowest BCUT2D eigenvalue weighted by molar-refractivity contribution is 0.145. The van der Waals surface area contributed by atoms with E-state index >= 15 is 0 Å². The molecule has 3 N–H and O–H groups in total. The van der Waals surface area contributed by atoms with Crippen molar-refractivity contribution in [3.05, 3.63) is 36.0 Å². The first-order valence-corrected chi connectivity index (χ1v) is 7.42. The quantitative estimate of drug-likeness (QED) is 0.416. The van der Waals surface area contributed by atoms with Gasteiger partial charge in [-0.25, -0.2) is 0 Å². The van der Waals surface area contributed by atoms with Crippen LogP contribution in [0.1, 0.15) is 19.0 Å². The Balaban J connectivity index is 1.77. The van der Waals surface area contributed by atoms with Crippen LogP contribution in [0.3, 0.4) is 0 Å². The Bertz CT molecular complexity index is 543. The highest BCUT2D eigenvalue weighted by Gasteiger charge is 2.01. The topological polar surface area (TPSA) is 61.4 Å². The van der Waals surface area contributed by atoms with Crippen LogP contribution in [0.25, 0.3) is 10.9 Å². The summed E-state index contributed by atoms with van der Waals surface area (Å²) in [6.07, 6.45) is 0.973. The molecule has 5 heteroatoms. The van der Waals surface area contributed by atoms with Gasteiger partial charge in [-0.2, -0.15) is 0 Å². The number of guanidine groups is 1.